The van der Waals surface area contributed by atoms with Gasteiger partial charge in [-0.25, -0.2) is 9.78 Å². The van der Waals surface area contributed by atoms with Crippen LogP contribution in [-0.2, 0) is 15.4 Å². The standard InChI is InChI=1S/C16H20O2/c1-6-7-13-15(2,3)17-18-16(4,5)14-11-9-8-10-12-14/h6,8-12H,1H2,2-5H3. The summed E-state index contributed by atoms with van der Waals surface area (Å²) in [5, 5.41) is 0. The number of hydrogen-bond donors (Lipinski definition) is 0. The van der Waals surface area contributed by atoms with Crippen molar-refractivity contribution in [2.75, 3.05) is 0 Å². The molecular weight excluding hydrogens is 224 g/mol. The maximum absolute atomic E-state index is 5.54. The van der Waals surface area contributed by atoms with Gasteiger partial charge in [-0.05, 0) is 39.3 Å². The molecule has 0 spiro atoms. The molecule has 1 aromatic carbocycles. The Bertz CT molecular complexity index is 447. The molecule has 0 atom stereocenters. The van der Waals surface area contributed by atoms with Crippen LogP contribution in [0.2, 0.25) is 0 Å². The van der Waals surface area contributed by atoms with Crippen LogP contribution in [0.3, 0.4) is 0 Å². The Morgan fingerprint density at radius 2 is 1.67 bits per heavy atom. The lowest BCUT2D eigenvalue weighted by Crippen LogP contribution is -2.30. The molecule has 0 aliphatic carbocycles. The monoisotopic (exact) mass is 244 g/mol. The fourth-order valence-electron chi connectivity index (χ4n) is 1.34. The lowest BCUT2D eigenvalue weighted by Gasteiger charge is -2.28. The highest BCUT2D eigenvalue weighted by atomic mass is 17.2. The number of benzene rings is 1. The molecule has 2 heteroatoms. The summed E-state index contributed by atoms with van der Waals surface area (Å²) in [5.41, 5.74) is -0.133. The third kappa shape index (κ3) is 4.37. The molecule has 96 valence electrons. The van der Waals surface area contributed by atoms with Crippen LogP contribution < -0.4 is 0 Å². The molecule has 0 aromatic heterocycles. The third-order valence-electron chi connectivity index (χ3n) is 2.40. The van der Waals surface area contributed by atoms with Crippen LogP contribution >= 0.6 is 0 Å². The average Bonchev–Trinajstić information content (AvgIpc) is 2.36. The van der Waals surface area contributed by atoms with Gasteiger partial charge >= 0.3 is 0 Å². The molecule has 0 radical (unpaired) electrons. The van der Waals surface area contributed by atoms with E-state index in [9.17, 15) is 0 Å². The van der Waals surface area contributed by atoms with E-state index >= 15 is 0 Å². The van der Waals surface area contributed by atoms with E-state index in [2.05, 4.69) is 18.4 Å². The van der Waals surface area contributed by atoms with E-state index in [-0.39, 0.29) is 0 Å². The topological polar surface area (TPSA) is 18.5 Å². The Hall–Kier alpha value is -1.56. The first kappa shape index (κ1) is 14.5. The molecule has 0 amide bonds. The van der Waals surface area contributed by atoms with Gasteiger partial charge in [-0.2, -0.15) is 0 Å². The molecule has 0 saturated heterocycles. The first-order valence-corrected chi connectivity index (χ1v) is 5.93. The minimum atomic E-state index is -0.666. The van der Waals surface area contributed by atoms with Crippen LogP contribution in [0.4, 0.5) is 0 Å². The van der Waals surface area contributed by atoms with Gasteiger partial charge in [0.15, 0.2) is 5.60 Å². The van der Waals surface area contributed by atoms with Gasteiger partial charge < -0.3 is 0 Å². The lowest BCUT2D eigenvalue weighted by molar-refractivity contribution is -0.393. The van der Waals surface area contributed by atoms with Crippen LogP contribution in [0.5, 0.6) is 0 Å². The van der Waals surface area contributed by atoms with E-state index < -0.39 is 11.2 Å². The molecule has 0 saturated carbocycles. The summed E-state index contributed by atoms with van der Waals surface area (Å²) < 4.78 is 0. The van der Waals surface area contributed by atoms with Crippen molar-refractivity contribution in [2.24, 2.45) is 0 Å². The van der Waals surface area contributed by atoms with Gasteiger partial charge in [-0.3, -0.25) is 0 Å². The van der Waals surface area contributed by atoms with Crippen molar-refractivity contribution in [3.63, 3.8) is 0 Å². The first-order valence-electron chi connectivity index (χ1n) is 5.93. The fraction of sp³-hybridized carbons (Fsp3) is 0.375. The lowest BCUT2D eigenvalue weighted by atomic mass is 9.99. The molecule has 18 heavy (non-hydrogen) atoms. The quantitative estimate of drug-likeness (QED) is 0.455. The van der Waals surface area contributed by atoms with Gasteiger partial charge in [0.05, 0.1) is 0 Å². The summed E-state index contributed by atoms with van der Waals surface area (Å²) in [6.45, 7) is 11.2. The second kappa shape index (κ2) is 5.86. The van der Waals surface area contributed by atoms with Crippen molar-refractivity contribution in [1.82, 2.24) is 0 Å². The van der Waals surface area contributed by atoms with Crippen LogP contribution in [0.1, 0.15) is 33.3 Å². The minimum absolute atomic E-state index is 0.519. The molecule has 1 rings (SSSR count). The van der Waals surface area contributed by atoms with Gasteiger partial charge in [0.25, 0.3) is 0 Å². The van der Waals surface area contributed by atoms with Crippen LogP contribution in [0.25, 0.3) is 0 Å². The highest BCUT2D eigenvalue weighted by Gasteiger charge is 2.26. The largest absolute Gasteiger partial charge is 0.224 e. The van der Waals surface area contributed by atoms with Crippen molar-refractivity contribution in [2.45, 2.75) is 38.9 Å². The summed E-state index contributed by atoms with van der Waals surface area (Å²) in [7, 11) is 0. The van der Waals surface area contributed by atoms with Crippen molar-refractivity contribution in [1.29, 1.82) is 0 Å². The minimum Gasteiger partial charge on any atom is -0.224 e. The summed E-state index contributed by atoms with van der Waals surface area (Å²) in [6, 6.07) is 9.93. The Labute approximate surface area is 110 Å². The number of hydrogen-bond acceptors (Lipinski definition) is 2. The third-order valence-corrected chi connectivity index (χ3v) is 2.40. The maximum atomic E-state index is 5.54. The van der Waals surface area contributed by atoms with Gasteiger partial charge in [0.1, 0.15) is 5.60 Å². The summed E-state index contributed by atoms with van der Waals surface area (Å²) >= 11 is 0. The van der Waals surface area contributed by atoms with Crippen LogP contribution in [0, 0.1) is 11.8 Å². The van der Waals surface area contributed by atoms with E-state index in [1.54, 1.807) is 0 Å². The second-order valence-electron chi connectivity index (χ2n) is 5.03. The second-order valence-corrected chi connectivity index (χ2v) is 5.03. The molecule has 0 unspecified atom stereocenters. The Kier molecular flexibility index (Phi) is 4.72. The van der Waals surface area contributed by atoms with Crippen molar-refractivity contribution < 1.29 is 9.78 Å². The molecule has 0 bridgehead atoms. The molecule has 1 aromatic rings. The zero-order valence-corrected chi connectivity index (χ0v) is 11.5. The van der Waals surface area contributed by atoms with E-state index in [4.69, 9.17) is 9.78 Å². The van der Waals surface area contributed by atoms with Crippen molar-refractivity contribution in [3.8, 4) is 11.8 Å². The Balaban J connectivity index is 2.70. The Morgan fingerprint density at radius 1 is 1.06 bits per heavy atom. The van der Waals surface area contributed by atoms with Gasteiger partial charge in [-0.15, -0.1) is 0 Å². The van der Waals surface area contributed by atoms with Crippen molar-refractivity contribution >= 4 is 0 Å². The molecule has 0 aliphatic heterocycles. The molecule has 0 fully saturated rings. The van der Waals surface area contributed by atoms with Gasteiger partial charge in [-0.1, -0.05) is 48.8 Å². The summed E-state index contributed by atoms with van der Waals surface area (Å²) in [4.78, 5) is 11.0. The molecule has 2 nitrogen and oxygen atoms in total. The number of rotatable bonds is 4. The normalized spacial score (nSPS) is 11.6. The average molecular weight is 244 g/mol. The fourth-order valence-corrected chi connectivity index (χ4v) is 1.34. The highest BCUT2D eigenvalue weighted by molar-refractivity contribution is 5.21. The van der Waals surface area contributed by atoms with E-state index in [0.29, 0.717) is 0 Å². The highest BCUT2D eigenvalue weighted by Crippen LogP contribution is 2.26. The molecular formula is C16H20O2. The predicted octanol–water partition coefficient (Wildman–Crippen LogP) is 3.84. The van der Waals surface area contributed by atoms with Crippen molar-refractivity contribution in [3.05, 3.63) is 48.6 Å². The van der Waals surface area contributed by atoms with Gasteiger partial charge in [0, 0.05) is 0 Å². The van der Waals surface area contributed by atoms with Crippen LogP contribution in [0.15, 0.2) is 43.0 Å². The summed E-state index contributed by atoms with van der Waals surface area (Å²) in [6.07, 6.45) is 1.54. The zero-order chi connectivity index (χ0) is 13.6. The van der Waals surface area contributed by atoms with E-state index in [1.807, 2.05) is 58.0 Å². The Morgan fingerprint density at radius 3 is 2.22 bits per heavy atom. The SMILES string of the molecule is C=CC#CC(C)(C)OOC(C)(C)c1ccccc1. The summed E-state index contributed by atoms with van der Waals surface area (Å²) in [5.74, 6) is 5.69. The molecule has 0 heterocycles. The zero-order valence-electron chi connectivity index (χ0n) is 11.5. The van der Waals surface area contributed by atoms with Crippen LogP contribution in [-0.4, -0.2) is 5.60 Å². The van der Waals surface area contributed by atoms with Gasteiger partial charge in [0.2, 0.25) is 0 Å². The molecule has 0 N–H and O–H groups in total. The van der Waals surface area contributed by atoms with E-state index in [0.717, 1.165) is 5.56 Å². The van der Waals surface area contributed by atoms with E-state index in [1.165, 1.54) is 6.08 Å². The smallest absolute Gasteiger partial charge is 0.158 e. The number of allylic oxidation sites excluding steroid dienone is 1. The predicted molar refractivity (Wildman–Crippen MR) is 73.7 cm³/mol. The molecule has 0 aliphatic rings. The first-order chi connectivity index (χ1) is 8.37. The maximum Gasteiger partial charge on any atom is 0.158 e.